The summed E-state index contributed by atoms with van der Waals surface area (Å²) in [5.74, 6) is 2.93. The Kier molecular flexibility index (Phi) is 6.47. The second-order valence-corrected chi connectivity index (χ2v) is 4.98. The molecule has 82 valence electrons. The van der Waals surface area contributed by atoms with E-state index >= 15 is 0 Å². The number of thioether (sulfide) groups is 1. The Labute approximate surface area is 95.0 Å². The van der Waals surface area contributed by atoms with Crippen LogP contribution in [0.3, 0.4) is 0 Å². The molecule has 0 atom stereocenters. The lowest BCUT2D eigenvalue weighted by Crippen LogP contribution is -3.14. The standard InChI is InChI=1S/C9H17NO2S2/c11-9(1-6-13)12-5-2-10-3-7-14-8-4-10/h13H,1-8H2/p+1. The highest BCUT2D eigenvalue weighted by molar-refractivity contribution is 7.99. The molecule has 0 unspecified atom stereocenters. The summed E-state index contributed by atoms with van der Waals surface area (Å²) in [4.78, 5) is 12.6. The first kappa shape index (κ1) is 12.2. The minimum atomic E-state index is -0.120. The van der Waals surface area contributed by atoms with Gasteiger partial charge in [-0.1, -0.05) is 0 Å². The predicted octanol–water partition coefficient (Wildman–Crippen LogP) is -0.519. The van der Waals surface area contributed by atoms with E-state index in [2.05, 4.69) is 12.6 Å². The number of carbonyl (C=O) groups excluding carboxylic acids is 1. The van der Waals surface area contributed by atoms with Crippen LogP contribution >= 0.6 is 24.4 Å². The van der Waals surface area contributed by atoms with Gasteiger partial charge in [0.1, 0.15) is 13.2 Å². The Hall–Kier alpha value is 0.130. The highest BCUT2D eigenvalue weighted by Crippen LogP contribution is 1.97. The lowest BCUT2D eigenvalue weighted by molar-refractivity contribution is -0.896. The molecule has 14 heavy (non-hydrogen) atoms. The average molecular weight is 236 g/mol. The van der Waals surface area contributed by atoms with Gasteiger partial charge in [-0.15, -0.1) is 0 Å². The molecule has 0 bridgehead atoms. The van der Waals surface area contributed by atoms with Gasteiger partial charge in [0.15, 0.2) is 0 Å². The zero-order chi connectivity index (χ0) is 10.2. The summed E-state index contributed by atoms with van der Waals surface area (Å²) >= 11 is 5.98. The number of esters is 1. The van der Waals surface area contributed by atoms with E-state index in [4.69, 9.17) is 4.74 Å². The minimum absolute atomic E-state index is 0.120. The van der Waals surface area contributed by atoms with Gasteiger partial charge in [0.05, 0.1) is 19.5 Å². The largest absolute Gasteiger partial charge is 0.460 e. The van der Waals surface area contributed by atoms with E-state index < -0.39 is 0 Å². The van der Waals surface area contributed by atoms with Gasteiger partial charge in [0.25, 0.3) is 0 Å². The molecule has 0 aromatic heterocycles. The van der Waals surface area contributed by atoms with E-state index in [0.29, 0.717) is 18.8 Å². The molecule has 0 amide bonds. The van der Waals surface area contributed by atoms with Gasteiger partial charge >= 0.3 is 5.97 Å². The first-order valence-electron chi connectivity index (χ1n) is 5.00. The van der Waals surface area contributed by atoms with Crippen molar-refractivity contribution < 1.29 is 14.4 Å². The maximum absolute atomic E-state index is 11.0. The van der Waals surface area contributed by atoms with Crippen LogP contribution in [0.25, 0.3) is 0 Å². The van der Waals surface area contributed by atoms with E-state index in [-0.39, 0.29) is 5.97 Å². The summed E-state index contributed by atoms with van der Waals surface area (Å²) in [5, 5.41) is 0. The predicted molar refractivity (Wildman–Crippen MR) is 62.3 cm³/mol. The van der Waals surface area contributed by atoms with Gasteiger partial charge in [0, 0.05) is 17.3 Å². The molecule has 1 aliphatic rings. The molecule has 0 aromatic rings. The fourth-order valence-electron chi connectivity index (χ4n) is 1.38. The number of ether oxygens (including phenoxy) is 1. The summed E-state index contributed by atoms with van der Waals surface area (Å²) in [7, 11) is 0. The lowest BCUT2D eigenvalue weighted by atomic mass is 10.4. The Balaban J connectivity index is 1.99. The summed E-state index contributed by atoms with van der Waals surface area (Å²) in [6.45, 7) is 3.93. The first-order chi connectivity index (χ1) is 6.83. The Morgan fingerprint density at radius 1 is 1.43 bits per heavy atom. The second kappa shape index (κ2) is 7.43. The van der Waals surface area contributed by atoms with E-state index in [1.165, 1.54) is 24.6 Å². The van der Waals surface area contributed by atoms with E-state index in [9.17, 15) is 4.79 Å². The Morgan fingerprint density at radius 2 is 2.14 bits per heavy atom. The van der Waals surface area contributed by atoms with Gasteiger partial charge in [-0.3, -0.25) is 4.79 Å². The molecule has 1 fully saturated rings. The fraction of sp³-hybridized carbons (Fsp3) is 0.889. The van der Waals surface area contributed by atoms with Crippen LogP contribution in [0, 0.1) is 0 Å². The van der Waals surface area contributed by atoms with Crippen LogP contribution in [0.1, 0.15) is 6.42 Å². The van der Waals surface area contributed by atoms with Crippen LogP contribution in [0.4, 0.5) is 0 Å². The number of hydrogen-bond acceptors (Lipinski definition) is 4. The number of quaternary nitrogens is 1. The number of nitrogens with one attached hydrogen (secondary N) is 1. The van der Waals surface area contributed by atoms with Crippen molar-refractivity contribution >= 4 is 30.4 Å². The molecule has 0 saturated carbocycles. The fourth-order valence-corrected chi connectivity index (χ4v) is 2.64. The molecule has 5 heteroatoms. The van der Waals surface area contributed by atoms with Crippen molar-refractivity contribution in [2.24, 2.45) is 0 Å². The van der Waals surface area contributed by atoms with E-state index in [1.807, 2.05) is 11.8 Å². The molecule has 0 aliphatic carbocycles. The lowest BCUT2D eigenvalue weighted by Gasteiger charge is -2.22. The van der Waals surface area contributed by atoms with Crippen LogP contribution in [0.2, 0.25) is 0 Å². The van der Waals surface area contributed by atoms with Crippen molar-refractivity contribution in [1.82, 2.24) is 0 Å². The molecule has 3 nitrogen and oxygen atoms in total. The van der Waals surface area contributed by atoms with Gasteiger partial charge in [-0.05, 0) is 0 Å². The molecule has 0 aromatic carbocycles. The molecule has 1 heterocycles. The number of rotatable bonds is 5. The van der Waals surface area contributed by atoms with E-state index in [0.717, 1.165) is 6.54 Å². The molecule has 1 aliphatic heterocycles. The van der Waals surface area contributed by atoms with Crippen molar-refractivity contribution in [2.45, 2.75) is 6.42 Å². The summed E-state index contributed by atoms with van der Waals surface area (Å²) in [6, 6.07) is 0. The maximum atomic E-state index is 11.0. The molecule has 0 radical (unpaired) electrons. The van der Waals surface area contributed by atoms with Crippen LogP contribution in [-0.4, -0.2) is 49.5 Å². The van der Waals surface area contributed by atoms with Gasteiger partial charge < -0.3 is 9.64 Å². The molecule has 0 spiro atoms. The van der Waals surface area contributed by atoms with Crippen LogP contribution in [-0.2, 0) is 9.53 Å². The number of thiol groups is 1. The maximum Gasteiger partial charge on any atom is 0.306 e. The smallest absolute Gasteiger partial charge is 0.306 e. The first-order valence-corrected chi connectivity index (χ1v) is 6.79. The Bertz CT molecular complexity index is 172. The summed E-state index contributed by atoms with van der Waals surface area (Å²) < 4.78 is 5.07. The third-order valence-electron chi connectivity index (χ3n) is 2.23. The van der Waals surface area contributed by atoms with Crippen molar-refractivity contribution in [2.75, 3.05) is 43.5 Å². The highest BCUT2D eigenvalue weighted by atomic mass is 32.2. The SMILES string of the molecule is O=C(CCS)OCC[NH+]1CCSCC1. The molecule has 1 rings (SSSR count). The third-order valence-corrected chi connectivity index (χ3v) is 3.44. The van der Waals surface area contributed by atoms with Gasteiger partial charge in [0.2, 0.25) is 0 Å². The van der Waals surface area contributed by atoms with Crippen LogP contribution in [0.15, 0.2) is 0 Å². The van der Waals surface area contributed by atoms with Gasteiger partial charge in [-0.2, -0.15) is 24.4 Å². The van der Waals surface area contributed by atoms with Crippen LogP contribution in [0.5, 0.6) is 0 Å². The minimum Gasteiger partial charge on any atom is -0.460 e. The second-order valence-electron chi connectivity index (χ2n) is 3.31. The van der Waals surface area contributed by atoms with E-state index in [1.54, 1.807) is 4.90 Å². The zero-order valence-corrected chi connectivity index (χ0v) is 10.0. The summed E-state index contributed by atoms with van der Waals surface area (Å²) in [5.41, 5.74) is 0. The van der Waals surface area contributed by atoms with Crippen molar-refractivity contribution in [3.8, 4) is 0 Å². The van der Waals surface area contributed by atoms with Gasteiger partial charge in [-0.25, -0.2) is 0 Å². The third kappa shape index (κ3) is 5.12. The molecular formula is C9H18NO2S2+. The number of carbonyl (C=O) groups is 1. The normalized spacial score (nSPS) is 18.1. The monoisotopic (exact) mass is 236 g/mol. The summed E-state index contributed by atoms with van der Waals surface area (Å²) in [6.07, 6.45) is 0.425. The molecular weight excluding hydrogens is 218 g/mol. The Morgan fingerprint density at radius 3 is 2.79 bits per heavy atom. The number of hydrogen-bond donors (Lipinski definition) is 2. The highest BCUT2D eigenvalue weighted by Gasteiger charge is 2.13. The van der Waals surface area contributed by atoms with Crippen molar-refractivity contribution in [3.05, 3.63) is 0 Å². The zero-order valence-electron chi connectivity index (χ0n) is 8.33. The van der Waals surface area contributed by atoms with Crippen molar-refractivity contribution in [1.29, 1.82) is 0 Å². The average Bonchev–Trinajstić information content (AvgIpc) is 2.20. The quantitative estimate of drug-likeness (QED) is 0.497. The molecule has 1 saturated heterocycles. The van der Waals surface area contributed by atoms with Crippen molar-refractivity contribution in [3.63, 3.8) is 0 Å². The van der Waals surface area contributed by atoms with Crippen LogP contribution < -0.4 is 4.90 Å². The molecule has 1 N–H and O–H groups in total. The topological polar surface area (TPSA) is 30.7 Å².